The zero-order valence-electron chi connectivity index (χ0n) is 13.5. The zero-order chi connectivity index (χ0) is 17.9. The fourth-order valence-corrected chi connectivity index (χ4v) is 1.42. The predicted octanol–water partition coefficient (Wildman–Crippen LogP) is 0.617. The third-order valence-electron chi connectivity index (χ3n) is 2.32. The van der Waals surface area contributed by atoms with E-state index in [4.69, 9.17) is 51.6 Å². The van der Waals surface area contributed by atoms with Crippen molar-refractivity contribution in [3.63, 3.8) is 0 Å². The summed E-state index contributed by atoms with van der Waals surface area (Å²) >= 11 is 10.5. The molecule has 0 aliphatic rings. The van der Waals surface area contributed by atoms with Gasteiger partial charge in [0.25, 0.3) is 0 Å². The normalized spacial score (nSPS) is 10.6. The van der Waals surface area contributed by atoms with Crippen LogP contribution >= 0.6 is 23.2 Å². The van der Waals surface area contributed by atoms with Crippen LogP contribution in [0.15, 0.2) is 0 Å². The average Bonchev–Trinajstić information content (AvgIpc) is 2.60. The number of esters is 2. The summed E-state index contributed by atoms with van der Waals surface area (Å²) in [4.78, 5) is 21.4. The Morgan fingerprint density at radius 1 is 0.500 bits per heavy atom. The molecular formula is C14H24Cl2O8. The number of carbonyl (C=O) groups excluding carboxylic acids is 2. The Bertz CT molecular complexity index is 287. The molecule has 0 aromatic rings. The highest BCUT2D eigenvalue weighted by atomic mass is 35.5. The molecule has 24 heavy (non-hydrogen) atoms. The highest BCUT2D eigenvalue weighted by Gasteiger charge is 1.99. The molecule has 0 rings (SSSR count). The van der Waals surface area contributed by atoms with Crippen molar-refractivity contribution >= 4 is 35.1 Å². The molecule has 0 unspecified atom stereocenters. The molecule has 0 aliphatic carbocycles. The van der Waals surface area contributed by atoms with Gasteiger partial charge >= 0.3 is 11.9 Å². The van der Waals surface area contributed by atoms with E-state index >= 15 is 0 Å². The van der Waals surface area contributed by atoms with Crippen molar-refractivity contribution < 1.29 is 38.0 Å². The molecule has 0 aliphatic heterocycles. The second-order valence-corrected chi connectivity index (χ2v) is 4.69. The van der Waals surface area contributed by atoms with Gasteiger partial charge in [-0.3, -0.25) is 9.59 Å². The number of hydrogen-bond acceptors (Lipinski definition) is 8. The van der Waals surface area contributed by atoms with Gasteiger partial charge in [0.15, 0.2) is 0 Å². The van der Waals surface area contributed by atoms with Gasteiger partial charge < -0.3 is 28.4 Å². The minimum absolute atomic E-state index is 0.157. The Hall–Kier alpha value is -0.640. The Kier molecular flexibility index (Phi) is 18.2. The third-order valence-corrected chi connectivity index (χ3v) is 2.75. The van der Waals surface area contributed by atoms with E-state index in [-0.39, 0.29) is 25.0 Å². The Balaban J connectivity index is 3.05. The first-order valence-corrected chi connectivity index (χ1v) is 8.51. The number of alkyl halides is 2. The molecule has 10 heteroatoms. The molecule has 8 nitrogen and oxygen atoms in total. The molecule has 0 heterocycles. The summed E-state index contributed by atoms with van der Waals surface area (Å²) in [5.41, 5.74) is 0. The average molecular weight is 391 g/mol. The van der Waals surface area contributed by atoms with Crippen molar-refractivity contribution in [2.75, 3.05) is 77.8 Å². The molecule has 0 bridgehead atoms. The Morgan fingerprint density at radius 3 is 1.00 bits per heavy atom. The summed E-state index contributed by atoms with van der Waals surface area (Å²) in [7, 11) is 0. The monoisotopic (exact) mass is 390 g/mol. The van der Waals surface area contributed by atoms with Gasteiger partial charge in [-0.05, 0) is 0 Å². The lowest BCUT2D eigenvalue weighted by Crippen LogP contribution is -2.15. The summed E-state index contributed by atoms with van der Waals surface area (Å²) < 4.78 is 30.4. The summed E-state index contributed by atoms with van der Waals surface area (Å²) in [5, 5.41) is 0. The van der Waals surface area contributed by atoms with Crippen LogP contribution in [-0.4, -0.2) is 89.8 Å². The van der Waals surface area contributed by atoms with Crippen LogP contribution in [0.4, 0.5) is 0 Å². The van der Waals surface area contributed by atoms with Gasteiger partial charge in [0.1, 0.15) is 25.0 Å². The Labute approximate surface area is 151 Å². The number of halogens is 2. The van der Waals surface area contributed by atoms with Crippen LogP contribution in [0.25, 0.3) is 0 Å². The maximum atomic E-state index is 10.7. The van der Waals surface area contributed by atoms with E-state index in [1.165, 1.54) is 0 Å². The molecule has 0 aromatic carbocycles. The van der Waals surface area contributed by atoms with Crippen molar-refractivity contribution in [3.8, 4) is 0 Å². The maximum Gasteiger partial charge on any atom is 0.320 e. The minimum atomic E-state index is -0.464. The van der Waals surface area contributed by atoms with E-state index in [1.807, 2.05) is 0 Å². The van der Waals surface area contributed by atoms with Gasteiger partial charge in [-0.2, -0.15) is 0 Å². The fourth-order valence-electron chi connectivity index (χ4n) is 1.27. The van der Waals surface area contributed by atoms with Crippen LogP contribution in [0.5, 0.6) is 0 Å². The van der Waals surface area contributed by atoms with E-state index in [0.29, 0.717) is 52.9 Å². The number of rotatable bonds is 17. The first kappa shape index (κ1) is 23.4. The zero-order valence-corrected chi connectivity index (χ0v) is 15.0. The molecule has 0 radical (unpaired) electrons. The van der Waals surface area contributed by atoms with Crippen LogP contribution in [-0.2, 0) is 38.0 Å². The van der Waals surface area contributed by atoms with E-state index in [9.17, 15) is 9.59 Å². The second kappa shape index (κ2) is 18.7. The van der Waals surface area contributed by atoms with Crippen LogP contribution in [0, 0.1) is 0 Å². The van der Waals surface area contributed by atoms with Gasteiger partial charge in [-0.15, -0.1) is 23.2 Å². The molecular weight excluding hydrogens is 367 g/mol. The van der Waals surface area contributed by atoms with Crippen molar-refractivity contribution in [2.24, 2.45) is 0 Å². The molecule has 0 aromatic heterocycles. The molecule has 0 N–H and O–H groups in total. The molecule has 0 atom stereocenters. The quantitative estimate of drug-likeness (QED) is 0.203. The number of carbonyl (C=O) groups is 2. The van der Waals surface area contributed by atoms with Crippen LogP contribution < -0.4 is 0 Å². The topological polar surface area (TPSA) is 89.5 Å². The summed E-state index contributed by atoms with van der Waals surface area (Å²) in [6, 6.07) is 0. The van der Waals surface area contributed by atoms with Crippen molar-refractivity contribution in [1.29, 1.82) is 0 Å². The largest absolute Gasteiger partial charge is 0.462 e. The molecule has 0 saturated heterocycles. The van der Waals surface area contributed by atoms with Gasteiger partial charge in [0.05, 0.1) is 52.9 Å². The number of hydrogen-bond donors (Lipinski definition) is 0. The molecule has 0 saturated carbocycles. The first-order chi connectivity index (χ1) is 11.7. The van der Waals surface area contributed by atoms with Crippen molar-refractivity contribution in [2.45, 2.75) is 0 Å². The van der Waals surface area contributed by atoms with Crippen LogP contribution in [0.1, 0.15) is 0 Å². The lowest BCUT2D eigenvalue weighted by Gasteiger charge is -2.08. The van der Waals surface area contributed by atoms with Crippen LogP contribution in [0.3, 0.4) is 0 Å². The number of ether oxygens (including phenoxy) is 6. The van der Waals surface area contributed by atoms with E-state index in [0.717, 1.165) is 0 Å². The molecule has 0 fully saturated rings. The lowest BCUT2D eigenvalue weighted by molar-refractivity contribution is -0.143. The van der Waals surface area contributed by atoms with Gasteiger partial charge in [0.2, 0.25) is 0 Å². The third kappa shape index (κ3) is 17.7. The second-order valence-electron chi connectivity index (χ2n) is 4.16. The standard InChI is InChI=1S/C14H24Cl2O8/c15-11-13(17)23-9-7-21-5-3-19-1-2-20-4-6-22-8-10-24-14(18)12-16/h1-12H2. The smallest absolute Gasteiger partial charge is 0.320 e. The van der Waals surface area contributed by atoms with Crippen LogP contribution in [0.2, 0.25) is 0 Å². The van der Waals surface area contributed by atoms with Crippen molar-refractivity contribution in [1.82, 2.24) is 0 Å². The van der Waals surface area contributed by atoms with Gasteiger partial charge in [0, 0.05) is 0 Å². The highest BCUT2D eigenvalue weighted by Crippen LogP contribution is 1.87. The summed E-state index contributed by atoms with van der Waals surface area (Å²) in [6.07, 6.45) is 0. The lowest BCUT2D eigenvalue weighted by atomic mass is 10.7. The molecule has 0 spiro atoms. The highest BCUT2D eigenvalue weighted by molar-refractivity contribution is 6.26. The van der Waals surface area contributed by atoms with E-state index in [1.54, 1.807) is 0 Å². The van der Waals surface area contributed by atoms with E-state index in [2.05, 4.69) is 0 Å². The van der Waals surface area contributed by atoms with E-state index < -0.39 is 11.9 Å². The van der Waals surface area contributed by atoms with Gasteiger partial charge in [-0.1, -0.05) is 0 Å². The molecule has 142 valence electrons. The maximum absolute atomic E-state index is 10.7. The summed E-state index contributed by atoms with van der Waals surface area (Å²) in [5.74, 6) is -1.24. The summed E-state index contributed by atoms with van der Waals surface area (Å²) in [6.45, 7) is 3.52. The Morgan fingerprint density at radius 2 is 0.750 bits per heavy atom. The predicted molar refractivity (Wildman–Crippen MR) is 86.6 cm³/mol. The van der Waals surface area contributed by atoms with Gasteiger partial charge in [-0.25, -0.2) is 0 Å². The van der Waals surface area contributed by atoms with Crippen molar-refractivity contribution in [3.05, 3.63) is 0 Å². The minimum Gasteiger partial charge on any atom is -0.462 e. The molecule has 0 amide bonds. The first-order valence-electron chi connectivity index (χ1n) is 7.44. The fraction of sp³-hybridized carbons (Fsp3) is 0.857. The SMILES string of the molecule is O=C(CCl)OCCOCCOCCOCCOCCOC(=O)CCl.